The van der Waals surface area contributed by atoms with Crippen molar-refractivity contribution in [2.45, 2.75) is 19.9 Å². The largest absolute Gasteiger partial charge is 0.381 e. The molecule has 4 heteroatoms. The third-order valence-corrected chi connectivity index (χ3v) is 4.22. The van der Waals surface area contributed by atoms with E-state index in [0.717, 1.165) is 13.1 Å². The molecule has 0 fully saturated rings. The van der Waals surface area contributed by atoms with Crippen molar-refractivity contribution in [2.75, 3.05) is 25.0 Å². The number of likely N-dealkylation sites (N-methyl/N-ethyl adjacent to an activating group) is 1. The van der Waals surface area contributed by atoms with E-state index in [1.165, 1.54) is 5.56 Å². The molecule has 0 aliphatic rings. The third-order valence-electron chi connectivity index (χ3n) is 4.22. The average Bonchev–Trinajstić information content (AvgIpc) is 2.65. The van der Waals surface area contributed by atoms with E-state index < -0.39 is 0 Å². The Balaban J connectivity index is 2.30. The van der Waals surface area contributed by atoms with E-state index >= 15 is 0 Å². The van der Waals surface area contributed by atoms with Crippen LogP contribution >= 0.6 is 0 Å². The van der Waals surface area contributed by atoms with Gasteiger partial charge in [0.15, 0.2) is 0 Å². The molecule has 0 saturated heterocycles. The van der Waals surface area contributed by atoms with Gasteiger partial charge in [-0.15, -0.1) is 0 Å². The maximum atomic E-state index is 9.31. The SMILES string of the molecule is CCN(CC)C(CNc1c(C#N)cccc1C#N)c1ccccc1. The molecule has 0 heterocycles. The normalized spacial score (nSPS) is 11.5. The molecular weight excluding hydrogens is 296 g/mol. The van der Waals surface area contributed by atoms with Crippen LogP contribution in [-0.2, 0) is 0 Å². The molecule has 2 aromatic carbocycles. The molecule has 1 unspecified atom stereocenters. The van der Waals surface area contributed by atoms with E-state index in [-0.39, 0.29) is 6.04 Å². The summed E-state index contributed by atoms with van der Waals surface area (Å²) in [6, 6.07) is 20.0. The van der Waals surface area contributed by atoms with Crippen molar-refractivity contribution in [2.24, 2.45) is 0 Å². The fourth-order valence-electron chi connectivity index (χ4n) is 2.93. The minimum Gasteiger partial charge on any atom is -0.381 e. The Bertz CT molecular complexity index is 704. The fourth-order valence-corrected chi connectivity index (χ4v) is 2.93. The molecule has 2 rings (SSSR count). The Hall–Kier alpha value is -2.82. The number of benzene rings is 2. The summed E-state index contributed by atoms with van der Waals surface area (Å²) < 4.78 is 0. The lowest BCUT2D eigenvalue weighted by Crippen LogP contribution is -2.33. The summed E-state index contributed by atoms with van der Waals surface area (Å²) in [5, 5.41) is 22.0. The van der Waals surface area contributed by atoms with E-state index in [9.17, 15) is 10.5 Å². The van der Waals surface area contributed by atoms with Crippen LogP contribution in [0.2, 0.25) is 0 Å². The zero-order valence-corrected chi connectivity index (χ0v) is 14.2. The number of nitrogens with zero attached hydrogens (tertiary/aromatic N) is 3. The van der Waals surface area contributed by atoms with Gasteiger partial charge in [0.25, 0.3) is 0 Å². The lowest BCUT2D eigenvalue weighted by Gasteiger charge is -2.31. The summed E-state index contributed by atoms with van der Waals surface area (Å²) in [7, 11) is 0. The van der Waals surface area contributed by atoms with Crippen LogP contribution in [0.25, 0.3) is 0 Å². The molecule has 1 atom stereocenters. The lowest BCUT2D eigenvalue weighted by molar-refractivity contribution is 0.228. The minimum atomic E-state index is 0.180. The smallest absolute Gasteiger partial charge is 0.101 e. The average molecular weight is 318 g/mol. The maximum absolute atomic E-state index is 9.31. The standard InChI is InChI=1S/C20H22N4/c1-3-24(4-2)19(16-9-6-5-7-10-16)15-23-20-17(13-21)11-8-12-18(20)14-22/h5-12,19,23H,3-4,15H2,1-2H3. The first-order valence-electron chi connectivity index (χ1n) is 8.21. The Kier molecular flexibility index (Phi) is 6.37. The van der Waals surface area contributed by atoms with Gasteiger partial charge in [-0.05, 0) is 30.8 Å². The van der Waals surface area contributed by atoms with Crippen LogP contribution in [0.5, 0.6) is 0 Å². The van der Waals surface area contributed by atoms with Crippen LogP contribution in [0.4, 0.5) is 5.69 Å². The first-order chi connectivity index (χ1) is 11.7. The topological polar surface area (TPSA) is 62.9 Å². The molecule has 0 saturated carbocycles. The molecule has 2 aromatic rings. The van der Waals surface area contributed by atoms with Gasteiger partial charge in [-0.25, -0.2) is 0 Å². The van der Waals surface area contributed by atoms with E-state index in [1.807, 2.05) is 18.2 Å². The summed E-state index contributed by atoms with van der Waals surface area (Å²) in [5.41, 5.74) is 2.85. The monoisotopic (exact) mass is 318 g/mol. The van der Waals surface area contributed by atoms with E-state index in [0.29, 0.717) is 23.4 Å². The first kappa shape index (κ1) is 17.5. The quantitative estimate of drug-likeness (QED) is 0.840. The number of rotatable bonds is 7. The number of nitriles is 2. The summed E-state index contributed by atoms with van der Waals surface area (Å²) in [6.07, 6.45) is 0. The molecule has 0 aliphatic carbocycles. The second-order valence-corrected chi connectivity index (χ2v) is 5.48. The second-order valence-electron chi connectivity index (χ2n) is 5.48. The van der Waals surface area contributed by atoms with E-state index in [2.05, 4.69) is 48.3 Å². The molecule has 1 N–H and O–H groups in total. The summed E-state index contributed by atoms with van der Waals surface area (Å²) in [5.74, 6) is 0. The molecule has 122 valence electrons. The summed E-state index contributed by atoms with van der Waals surface area (Å²) in [6.45, 7) is 6.79. The minimum absolute atomic E-state index is 0.180. The van der Waals surface area contributed by atoms with Crippen molar-refractivity contribution in [3.8, 4) is 12.1 Å². The fraction of sp³-hybridized carbons (Fsp3) is 0.300. The third kappa shape index (κ3) is 3.93. The highest BCUT2D eigenvalue weighted by Crippen LogP contribution is 2.24. The lowest BCUT2D eigenvalue weighted by atomic mass is 10.0. The first-order valence-corrected chi connectivity index (χ1v) is 8.21. The molecule has 24 heavy (non-hydrogen) atoms. The zero-order chi connectivity index (χ0) is 17.4. The Labute approximate surface area is 144 Å². The number of nitrogens with one attached hydrogen (secondary N) is 1. The van der Waals surface area contributed by atoms with Crippen LogP contribution in [0.15, 0.2) is 48.5 Å². The number of hydrogen-bond acceptors (Lipinski definition) is 4. The highest BCUT2D eigenvalue weighted by Gasteiger charge is 2.19. The van der Waals surface area contributed by atoms with Crippen LogP contribution < -0.4 is 5.32 Å². The molecule has 0 aromatic heterocycles. The second kappa shape index (κ2) is 8.72. The van der Waals surface area contributed by atoms with Gasteiger partial charge in [0, 0.05) is 6.54 Å². The molecule has 0 amide bonds. The Morgan fingerprint density at radius 3 is 2.00 bits per heavy atom. The predicted molar refractivity (Wildman–Crippen MR) is 96.5 cm³/mol. The van der Waals surface area contributed by atoms with Crippen molar-refractivity contribution in [1.29, 1.82) is 10.5 Å². The van der Waals surface area contributed by atoms with Crippen molar-refractivity contribution in [1.82, 2.24) is 4.90 Å². The number of anilines is 1. The van der Waals surface area contributed by atoms with Crippen molar-refractivity contribution in [3.63, 3.8) is 0 Å². The van der Waals surface area contributed by atoms with Gasteiger partial charge < -0.3 is 5.32 Å². The molecule has 4 nitrogen and oxygen atoms in total. The highest BCUT2D eigenvalue weighted by atomic mass is 15.2. The summed E-state index contributed by atoms with van der Waals surface area (Å²) >= 11 is 0. The van der Waals surface area contributed by atoms with E-state index in [1.54, 1.807) is 18.2 Å². The molecule has 0 radical (unpaired) electrons. The van der Waals surface area contributed by atoms with E-state index in [4.69, 9.17) is 0 Å². The van der Waals surface area contributed by atoms with Crippen molar-refractivity contribution in [3.05, 3.63) is 65.2 Å². The van der Waals surface area contributed by atoms with Gasteiger partial charge in [0.05, 0.1) is 22.9 Å². The predicted octanol–water partition coefficient (Wildman–Crippen LogP) is 3.92. The van der Waals surface area contributed by atoms with Gasteiger partial charge in [-0.3, -0.25) is 4.90 Å². The van der Waals surface area contributed by atoms with Crippen LogP contribution in [-0.4, -0.2) is 24.5 Å². The van der Waals surface area contributed by atoms with Gasteiger partial charge in [0.2, 0.25) is 0 Å². The number of hydrogen-bond donors (Lipinski definition) is 1. The summed E-state index contributed by atoms with van der Waals surface area (Å²) in [4.78, 5) is 2.36. The van der Waals surface area contributed by atoms with Gasteiger partial charge in [-0.1, -0.05) is 50.2 Å². The number of para-hydroxylation sites is 1. The van der Waals surface area contributed by atoms with Gasteiger partial charge >= 0.3 is 0 Å². The van der Waals surface area contributed by atoms with Crippen molar-refractivity contribution >= 4 is 5.69 Å². The molecule has 0 bridgehead atoms. The zero-order valence-electron chi connectivity index (χ0n) is 14.2. The Morgan fingerprint density at radius 2 is 1.50 bits per heavy atom. The maximum Gasteiger partial charge on any atom is 0.101 e. The van der Waals surface area contributed by atoms with Crippen molar-refractivity contribution < 1.29 is 0 Å². The molecule has 0 aliphatic heterocycles. The van der Waals surface area contributed by atoms with Crippen LogP contribution in [0.1, 0.15) is 36.6 Å². The van der Waals surface area contributed by atoms with Gasteiger partial charge in [0.1, 0.15) is 12.1 Å². The van der Waals surface area contributed by atoms with Gasteiger partial charge in [-0.2, -0.15) is 10.5 Å². The van der Waals surface area contributed by atoms with Crippen LogP contribution in [0, 0.1) is 22.7 Å². The highest BCUT2D eigenvalue weighted by molar-refractivity contribution is 5.66. The Morgan fingerprint density at radius 1 is 0.917 bits per heavy atom. The molecule has 0 spiro atoms. The molecular formula is C20H22N4. The van der Waals surface area contributed by atoms with Crippen LogP contribution in [0.3, 0.4) is 0 Å².